The van der Waals surface area contributed by atoms with E-state index in [1.54, 1.807) is 13.0 Å². The molecule has 0 bridgehead atoms. The fourth-order valence-electron chi connectivity index (χ4n) is 5.50. The third-order valence-corrected chi connectivity index (χ3v) is 7.80. The van der Waals surface area contributed by atoms with E-state index in [1.165, 1.54) is 18.5 Å². The highest BCUT2D eigenvalue weighted by Crippen LogP contribution is 2.38. The summed E-state index contributed by atoms with van der Waals surface area (Å²) in [6, 6.07) is 4.54. The van der Waals surface area contributed by atoms with Crippen molar-refractivity contribution in [2.75, 3.05) is 13.2 Å². The van der Waals surface area contributed by atoms with Crippen molar-refractivity contribution >= 4 is 22.9 Å². The minimum absolute atomic E-state index is 0.00442. The van der Waals surface area contributed by atoms with Crippen molar-refractivity contribution < 1.29 is 18.3 Å². The number of hydrogen-bond donors (Lipinski definition) is 4. The van der Waals surface area contributed by atoms with E-state index < -0.39 is 6.43 Å². The number of fused-ring (bicyclic) bond motifs is 1. The zero-order chi connectivity index (χ0) is 27.7. The lowest BCUT2D eigenvalue weighted by molar-refractivity contribution is 0.0918. The maximum Gasteiger partial charge on any atom is 0.263 e. The zero-order valence-corrected chi connectivity index (χ0v) is 22.3. The van der Waals surface area contributed by atoms with E-state index >= 15 is 0 Å². The van der Waals surface area contributed by atoms with Gasteiger partial charge in [-0.3, -0.25) is 10.2 Å². The molecule has 3 aromatic rings. The number of carbonyl (C=O) groups excluding carboxylic acids is 1. The minimum Gasteiger partial charge on any atom is -0.493 e. The summed E-state index contributed by atoms with van der Waals surface area (Å²) in [6.07, 6.45) is 4.16. The zero-order valence-electron chi connectivity index (χ0n) is 22.3. The standard InChI is InChI=1S/C28H35F2N7O2/c1-3-37(28(31)32)19-9-7-18(8-10-19)36-27(38)22-15(2)35-25-23(33-14-34-24(22)25)20-12-17(26(29)30)6-11-21(20)39-13-16-4-5-16/h6,11-12,14,16,18-19,26,35H,3-5,7-10,13H2,1-2H3,(H3,31,32)(H,36,38). The number of H-pyrrole nitrogens is 1. The number of aryl methyl sites for hydroxylation is 1. The van der Waals surface area contributed by atoms with Gasteiger partial charge in [0.2, 0.25) is 0 Å². The normalized spacial score (nSPS) is 19.3. The number of nitrogens with zero attached hydrogens (tertiary/aromatic N) is 3. The van der Waals surface area contributed by atoms with Crippen LogP contribution in [-0.4, -0.2) is 57.0 Å². The fraction of sp³-hybridized carbons (Fsp3) is 0.500. The molecule has 0 saturated heterocycles. The van der Waals surface area contributed by atoms with E-state index in [1.807, 2.05) is 11.8 Å². The fourth-order valence-corrected chi connectivity index (χ4v) is 5.50. The van der Waals surface area contributed by atoms with Crippen molar-refractivity contribution in [3.63, 3.8) is 0 Å². The van der Waals surface area contributed by atoms with Crippen LogP contribution in [0.25, 0.3) is 22.3 Å². The van der Waals surface area contributed by atoms with E-state index in [4.69, 9.17) is 15.9 Å². The van der Waals surface area contributed by atoms with Gasteiger partial charge in [-0.15, -0.1) is 0 Å². The van der Waals surface area contributed by atoms with Crippen molar-refractivity contribution in [1.29, 1.82) is 5.41 Å². The maximum absolute atomic E-state index is 13.6. The average molecular weight is 540 g/mol. The molecule has 39 heavy (non-hydrogen) atoms. The molecule has 0 spiro atoms. The number of halogens is 2. The summed E-state index contributed by atoms with van der Waals surface area (Å²) in [7, 11) is 0. The third-order valence-electron chi connectivity index (χ3n) is 7.80. The molecule has 1 amide bonds. The second-order valence-electron chi connectivity index (χ2n) is 10.5. The van der Waals surface area contributed by atoms with E-state index in [0.717, 1.165) is 38.5 Å². The molecule has 5 rings (SSSR count). The Labute approximate surface area is 226 Å². The Morgan fingerprint density at radius 1 is 1.23 bits per heavy atom. The van der Waals surface area contributed by atoms with E-state index in [2.05, 4.69) is 20.3 Å². The molecule has 2 aliphatic carbocycles. The average Bonchev–Trinajstić information content (AvgIpc) is 3.68. The summed E-state index contributed by atoms with van der Waals surface area (Å²) >= 11 is 0. The van der Waals surface area contributed by atoms with Gasteiger partial charge in [-0.2, -0.15) is 0 Å². The third kappa shape index (κ3) is 5.67. The van der Waals surface area contributed by atoms with Crippen LogP contribution in [0.2, 0.25) is 0 Å². The largest absolute Gasteiger partial charge is 0.493 e. The molecule has 9 nitrogen and oxygen atoms in total. The Balaban J connectivity index is 1.40. The minimum atomic E-state index is -2.64. The molecule has 2 fully saturated rings. The number of aromatic amines is 1. The molecule has 2 aliphatic rings. The van der Waals surface area contributed by atoms with Crippen molar-refractivity contribution in [2.24, 2.45) is 11.7 Å². The van der Waals surface area contributed by atoms with Crippen LogP contribution in [-0.2, 0) is 0 Å². The van der Waals surface area contributed by atoms with Gasteiger partial charge in [0.15, 0.2) is 5.96 Å². The van der Waals surface area contributed by atoms with E-state index in [9.17, 15) is 13.6 Å². The molecule has 5 N–H and O–H groups in total. The van der Waals surface area contributed by atoms with Gasteiger partial charge < -0.3 is 25.7 Å². The smallest absolute Gasteiger partial charge is 0.263 e. The Morgan fingerprint density at radius 2 is 1.97 bits per heavy atom. The number of nitrogens with two attached hydrogens (primary N) is 1. The lowest BCUT2D eigenvalue weighted by atomic mass is 9.90. The van der Waals surface area contributed by atoms with Crippen LogP contribution < -0.4 is 15.8 Å². The summed E-state index contributed by atoms with van der Waals surface area (Å²) in [6.45, 7) is 4.99. The van der Waals surface area contributed by atoms with Crippen molar-refractivity contribution in [3.8, 4) is 17.0 Å². The van der Waals surface area contributed by atoms with Crippen molar-refractivity contribution in [3.05, 3.63) is 41.3 Å². The van der Waals surface area contributed by atoms with Crippen LogP contribution in [0, 0.1) is 18.3 Å². The quantitative estimate of drug-likeness (QED) is 0.225. The van der Waals surface area contributed by atoms with Gasteiger partial charge in [0, 0.05) is 35.4 Å². The Kier molecular flexibility index (Phi) is 7.67. The molecule has 208 valence electrons. The van der Waals surface area contributed by atoms with Crippen LogP contribution in [0.15, 0.2) is 24.5 Å². The molecular formula is C28H35F2N7O2. The highest BCUT2D eigenvalue weighted by atomic mass is 19.3. The summed E-state index contributed by atoms with van der Waals surface area (Å²) in [5.41, 5.74) is 8.44. The number of carbonyl (C=O) groups is 1. The Morgan fingerprint density at radius 3 is 2.62 bits per heavy atom. The van der Waals surface area contributed by atoms with Gasteiger partial charge in [0.05, 0.1) is 17.7 Å². The Bertz CT molecular complexity index is 1360. The summed E-state index contributed by atoms with van der Waals surface area (Å²) in [5.74, 6) is 0.809. The number of hydrogen-bond acceptors (Lipinski definition) is 5. The number of rotatable bonds is 9. The second-order valence-corrected chi connectivity index (χ2v) is 10.5. The number of guanidine groups is 1. The molecule has 2 aromatic heterocycles. The van der Waals surface area contributed by atoms with Crippen LogP contribution in [0.4, 0.5) is 8.78 Å². The van der Waals surface area contributed by atoms with Crippen LogP contribution in [0.3, 0.4) is 0 Å². The molecule has 2 saturated carbocycles. The first-order valence-corrected chi connectivity index (χ1v) is 13.6. The predicted octanol–water partition coefficient (Wildman–Crippen LogP) is 4.92. The second kappa shape index (κ2) is 11.2. The highest BCUT2D eigenvalue weighted by molar-refractivity contribution is 6.09. The number of alkyl halides is 2. The lowest BCUT2D eigenvalue weighted by Crippen LogP contribution is -2.48. The van der Waals surface area contributed by atoms with Gasteiger partial charge in [-0.05, 0) is 76.5 Å². The number of aromatic nitrogens is 3. The molecule has 11 heteroatoms. The van der Waals surface area contributed by atoms with Gasteiger partial charge in [-0.1, -0.05) is 0 Å². The van der Waals surface area contributed by atoms with Crippen molar-refractivity contribution in [2.45, 2.75) is 70.9 Å². The number of amides is 1. The monoisotopic (exact) mass is 539 g/mol. The predicted molar refractivity (Wildman–Crippen MR) is 145 cm³/mol. The molecular weight excluding hydrogens is 504 g/mol. The van der Waals surface area contributed by atoms with Gasteiger partial charge >= 0.3 is 0 Å². The van der Waals surface area contributed by atoms with Crippen LogP contribution >= 0.6 is 0 Å². The number of ether oxygens (including phenoxy) is 1. The number of benzene rings is 1. The number of nitrogens with one attached hydrogen (secondary N) is 3. The van der Waals surface area contributed by atoms with Crippen molar-refractivity contribution in [1.82, 2.24) is 25.2 Å². The highest BCUT2D eigenvalue weighted by Gasteiger charge is 2.29. The maximum atomic E-state index is 13.6. The summed E-state index contributed by atoms with van der Waals surface area (Å²) in [4.78, 5) is 27.4. The van der Waals surface area contributed by atoms with Gasteiger partial charge in [-0.25, -0.2) is 18.7 Å². The molecule has 1 aromatic carbocycles. The van der Waals surface area contributed by atoms with E-state index in [0.29, 0.717) is 58.4 Å². The molecule has 0 radical (unpaired) electrons. The lowest BCUT2D eigenvalue weighted by Gasteiger charge is -2.36. The first-order valence-electron chi connectivity index (χ1n) is 13.6. The topological polar surface area (TPSA) is 133 Å². The van der Waals surface area contributed by atoms with Gasteiger partial charge in [0.1, 0.15) is 23.3 Å². The molecule has 0 atom stereocenters. The van der Waals surface area contributed by atoms with E-state index in [-0.39, 0.29) is 29.5 Å². The first-order chi connectivity index (χ1) is 18.8. The first kappa shape index (κ1) is 26.8. The SMILES string of the molecule is CCN(C(=N)N)C1CCC(NC(=O)c2c(C)[nH]c3c(-c4cc(C(F)F)ccc4OCC4CC4)ncnc23)CC1. The Hall–Kier alpha value is -3.76. The van der Waals surface area contributed by atoms with Crippen LogP contribution in [0.1, 0.15) is 73.5 Å². The van der Waals surface area contributed by atoms with Crippen LogP contribution in [0.5, 0.6) is 5.75 Å². The summed E-state index contributed by atoms with van der Waals surface area (Å²) < 4.78 is 33.2. The molecule has 0 unspecified atom stereocenters. The summed E-state index contributed by atoms with van der Waals surface area (Å²) in [5, 5.41) is 10.9. The molecule has 2 heterocycles. The molecule has 0 aliphatic heterocycles. The van der Waals surface area contributed by atoms with Gasteiger partial charge in [0.25, 0.3) is 12.3 Å².